The molecule has 0 bridgehead atoms. The molecule has 6 heteroatoms. The molecule has 26 heavy (non-hydrogen) atoms. The number of benzene rings is 2. The van der Waals surface area contributed by atoms with E-state index in [4.69, 9.17) is 27.9 Å². The molecule has 1 saturated carbocycles. The van der Waals surface area contributed by atoms with Gasteiger partial charge in [0.1, 0.15) is 0 Å². The van der Waals surface area contributed by atoms with Gasteiger partial charge in [0.05, 0.1) is 19.6 Å². The van der Waals surface area contributed by atoms with Crippen molar-refractivity contribution in [2.45, 2.75) is 24.8 Å². The Bertz CT molecular complexity index is 824. The summed E-state index contributed by atoms with van der Waals surface area (Å²) in [6, 6.07) is 14.2. The molecule has 3 rings (SSSR count). The number of nitrogens with one attached hydrogen (secondary N) is 1. The van der Waals surface area contributed by atoms with Crippen molar-refractivity contribution in [3.05, 3.63) is 69.7 Å². The number of rotatable bonds is 6. The van der Waals surface area contributed by atoms with Crippen molar-refractivity contribution in [2.24, 2.45) is 5.92 Å². The van der Waals surface area contributed by atoms with E-state index in [-0.39, 0.29) is 24.2 Å². The number of amides is 1. The Morgan fingerprint density at radius 2 is 1.77 bits per heavy atom. The summed E-state index contributed by atoms with van der Waals surface area (Å²) in [5.41, 5.74) is 1.68. The molecule has 4 nitrogen and oxygen atoms in total. The first kappa shape index (κ1) is 18.7. The fourth-order valence-corrected chi connectivity index (χ4v) is 3.67. The predicted octanol–water partition coefficient (Wildman–Crippen LogP) is 4.52. The van der Waals surface area contributed by atoms with Crippen molar-refractivity contribution in [1.82, 2.24) is 5.32 Å². The van der Waals surface area contributed by atoms with Gasteiger partial charge in [0.15, 0.2) is 0 Å². The molecule has 0 spiro atoms. The molecule has 2 aromatic rings. The number of carbonyl (C=O) groups excluding carboxylic acids is 2. The molecule has 1 fully saturated rings. The van der Waals surface area contributed by atoms with Crippen molar-refractivity contribution < 1.29 is 14.3 Å². The number of carbonyl (C=O) groups is 2. The Balaban J connectivity index is 1.73. The van der Waals surface area contributed by atoms with Gasteiger partial charge in [-0.05, 0) is 35.6 Å². The molecule has 3 unspecified atom stereocenters. The van der Waals surface area contributed by atoms with Crippen molar-refractivity contribution >= 4 is 35.1 Å². The number of ether oxygens (including phenoxy) is 1. The van der Waals surface area contributed by atoms with Crippen LogP contribution in [0.25, 0.3) is 0 Å². The van der Waals surface area contributed by atoms with Crippen molar-refractivity contribution in [3.8, 4) is 0 Å². The summed E-state index contributed by atoms with van der Waals surface area (Å²) in [6.45, 7) is 0. The molecule has 3 atom stereocenters. The SMILES string of the molecule is COC(=O)CC(NC(=O)C1CC1c1ccccc1Cl)c1ccccc1Cl. The average molecular weight is 392 g/mol. The summed E-state index contributed by atoms with van der Waals surface area (Å²) in [7, 11) is 1.32. The fraction of sp³-hybridized carbons (Fsp3) is 0.300. The molecule has 0 saturated heterocycles. The van der Waals surface area contributed by atoms with E-state index in [1.807, 2.05) is 30.3 Å². The van der Waals surface area contributed by atoms with Gasteiger partial charge >= 0.3 is 5.97 Å². The van der Waals surface area contributed by atoms with Crippen LogP contribution in [0.4, 0.5) is 0 Å². The Kier molecular flexibility index (Phi) is 5.84. The van der Waals surface area contributed by atoms with Crippen LogP contribution >= 0.6 is 23.2 Å². The first-order chi connectivity index (χ1) is 12.5. The number of methoxy groups -OCH3 is 1. The molecule has 0 heterocycles. The second-order valence-electron chi connectivity index (χ2n) is 6.33. The standard InChI is InChI=1S/C20H19Cl2NO3/c1-26-19(24)11-18(13-7-3-5-9-17(13)22)23-20(25)15-10-14(15)12-6-2-4-8-16(12)21/h2-9,14-15,18H,10-11H2,1H3,(H,23,25). The highest BCUT2D eigenvalue weighted by Gasteiger charge is 2.45. The van der Waals surface area contributed by atoms with E-state index >= 15 is 0 Å². The van der Waals surface area contributed by atoms with Gasteiger partial charge in [-0.2, -0.15) is 0 Å². The van der Waals surface area contributed by atoms with Crippen LogP contribution in [0.15, 0.2) is 48.5 Å². The van der Waals surface area contributed by atoms with Gasteiger partial charge in [0, 0.05) is 16.0 Å². The second-order valence-corrected chi connectivity index (χ2v) is 7.15. The monoisotopic (exact) mass is 391 g/mol. The highest BCUT2D eigenvalue weighted by molar-refractivity contribution is 6.31. The van der Waals surface area contributed by atoms with Gasteiger partial charge in [-0.1, -0.05) is 59.6 Å². The van der Waals surface area contributed by atoms with E-state index in [0.29, 0.717) is 15.6 Å². The lowest BCUT2D eigenvalue weighted by atomic mass is 10.0. The molecule has 0 aliphatic heterocycles. The Morgan fingerprint density at radius 3 is 2.42 bits per heavy atom. The third-order valence-corrected chi connectivity index (χ3v) is 5.32. The van der Waals surface area contributed by atoms with Crippen molar-refractivity contribution in [2.75, 3.05) is 7.11 Å². The van der Waals surface area contributed by atoms with E-state index < -0.39 is 12.0 Å². The van der Waals surface area contributed by atoms with Crippen LogP contribution < -0.4 is 5.32 Å². The van der Waals surface area contributed by atoms with Gasteiger partial charge in [-0.15, -0.1) is 0 Å². The van der Waals surface area contributed by atoms with Gasteiger partial charge in [0.2, 0.25) is 5.91 Å². The Labute approximate surface area is 162 Å². The van der Waals surface area contributed by atoms with Crippen molar-refractivity contribution in [3.63, 3.8) is 0 Å². The van der Waals surface area contributed by atoms with Gasteiger partial charge in [0.25, 0.3) is 0 Å². The smallest absolute Gasteiger partial charge is 0.307 e. The lowest BCUT2D eigenvalue weighted by molar-refractivity contribution is -0.141. The molecule has 1 aliphatic carbocycles. The summed E-state index contributed by atoms with van der Waals surface area (Å²) >= 11 is 12.5. The molecule has 136 valence electrons. The average Bonchev–Trinajstić information content (AvgIpc) is 3.42. The minimum Gasteiger partial charge on any atom is -0.469 e. The quantitative estimate of drug-likeness (QED) is 0.736. The van der Waals surface area contributed by atoms with Crippen LogP contribution in [0, 0.1) is 5.92 Å². The second kappa shape index (κ2) is 8.11. The number of hydrogen-bond donors (Lipinski definition) is 1. The maximum atomic E-state index is 12.7. The molecular formula is C20H19Cl2NO3. The third kappa shape index (κ3) is 4.19. The molecule has 0 radical (unpaired) electrons. The lowest BCUT2D eigenvalue weighted by Crippen LogP contribution is -2.32. The summed E-state index contributed by atoms with van der Waals surface area (Å²) < 4.78 is 4.76. The van der Waals surface area contributed by atoms with E-state index in [0.717, 1.165) is 12.0 Å². The number of halogens is 2. The molecule has 2 aromatic carbocycles. The zero-order valence-electron chi connectivity index (χ0n) is 14.2. The summed E-state index contributed by atoms with van der Waals surface area (Å²) in [4.78, 5) is 24.5. The Morgan fingerprint density at radius 1 is 1.12 bits per heavy atom. The minimum absolute atomic E-state index is 0.0233. The molecule has 1 N–H and O–H groups in total. The molecule has 1 aliphatic rings. The zero-order valence-corrected chi connectivity index (χ0v) is 15.8. The molecule has 1 amide bonds. The van der Waals surface area contributed by atoms with Crippen LogP contribution in [0.3, 0.4) is 0 Å². The third-order valence-electron chi connectivity index (χ3n) is 4.63. The van der Waals surface area contributed by atoms with Crippen molar-refractivity contribution in [1.29, 1.82) is 0 Å². The van der Waals surface area contributed by atoms with Gasteiger partial charge in [-0.25, -0.2) is 0 Å². The number of hydrogen-bond acceptors (Lipinski definition) is 3. The summed E-state index contributed by atoms with van der Waals surface area (Å²) in [5, 5.41) is 4.12. The van der Waals surface area contributed by atoms with Crippen LogP contribution in [-0.4, -0.2) is 19.0 Å². The number of esters is 1. The highest BCUT2D eigenvalue weighted by Crippen LogP contribution is 2.49. The van der Waals surface area contributed by atoms with Crippen LogP contribution in [0.2, 0.25) is 10.0 Å². The van der Waals surface area contributed by atoms with Crippen LogP contribution in [0.5, 0.6) is 0 Å². The normalized spacial score (nSPS) is 19.5. The first-order valence-electron chi connectivity index (χ1n) is 8.37. The fourth-order valence-electron chi connectivity index (χ4n) is 3.13. The van der Waals surface area contributed by atoms with E-state index in [1.54, 1.807) is 18.2 Å². The largest absolute Gasteiger partial charge is 0.469 e. The predicted molar refractivity (Wildman–Crippen MR) is 101 cm³/mol. The highest BCUT2D eigenvalue weighted by atomic mass is 35.5. The van der Waals surface area contributed by atoms with E-state index in [1.165, 1.54) is 7.11 Å². The summed E-state index contributed by atoms with van der Waals surface area (Å²) in [6.07, 6.45) is 0.762. The van der Waals surface area contributed by atoms with Gasteiger partial charge < -0.3 is 10.1 Å². The van der Waals surface area contributed by atoms with E-state index in [9.17, 15) is 9.59 Å². The van der Waals surface area contributed by atoms with E-state index in [2.05, 4.69) is 5.32 Å². The molecular weight excluding hydrogens is 373 g/mol. The van der Waals surface area contributed by atoms with Gasteiger partial charge in [-0.3, -0.25) is 9.59 Å². The van der Waals surface area contributed by atoms with Crippen LogP contribution in [0.1, 0.15) is 35.9 Å². The first-order valence-corrected chi connectivity index (χ1v) is 9.13. The maximum absolute atomic E-state index is 12.7. The maximum Gasteiger partial charge on any atom is 0.307 e. The minimum atomic E-state index is -0.531. The lowest BCUT2D eigenvalue weighted by Gasteiger charge is -2.19. The zero-order chi connectivity index (χ0) is 18.7. The topological polar surface area (TPSA) is 55.4 Å². The van der Waals surface area contributed by atoms with Crippen LogP contribution in [-0.2, 0) is 14.3 Å². The Hall–Kier alpha value is -2.04. The summed E-state index contributed by atoms with van der Waals surface area (Å²) in [5.74, 6) is -0.566. The molecule has 0 aromatic heterocycles.